The van der Waals surface area contributed by atoms with E-state index in [2.05, 4.69) is 5.16 Å². The minimum Gasteiger partial charge on any atom is -0.300 e. The first-order valence-electron chi connectivity index (χ1n) is 5.68. The van der Waals surface area contributed by atoms with E-state index in [0.29, 0.717) is 5.56 Å². The second-order valence-electron chi connectivity index (χ2n) is 3.73. The molecule has 6 nitrogen and oxygen atoms in total. The number of hydrogen-bond acceptors (Lipinski definition) is 5. The van der Waals surface area contributed by atoms with Crippen LogP contribution in [0.25, 0.3) is 0 Å². The van der Waals surface area contributed by atoms with Gasteiger partial charge in [0, 0.05) is 5.56 Å². The first kappa shape index (κ1) is 15.4. The van der Waals surface area contributed by atoms with Crippen molar-refractivity contribution in [1.29, 1.82) is 5.26 Å². The highest BCUT2D eigenvalue weighted by Crippen LogP contribution is 2.50. The molecule has 0 radical (unpaired) electrons. The number of oxime groups is 1. The smallest absolute Gasteiger partial charge is 0.300 e. The third-order valence-corrected chi connectivity index (χ3v) is 4.02. The molecule has 102 valence electrons. The molecule has 0 aromatic heterocycles. The Hall–Kier alpha value is -1.67. The second-order valence-corrected chi connectivity index (χ2v) is 5.89. The Kier molecular flexibility index (Phi) is 5.71. The highest BCUT2D eigenvalue weighted by Gasteiger charge is 2.29. The molecule has 1 rings (SSSR count). The number of hydrogen-bond donors (Lipinski definition) is 0. The third-order valence-electron chi connectivity index (χ3n) is 2.17. The van der Waals surface area contributed by atoms with E-state index >= 15 is 0 Å². The fourth-order valence-corrected chi connectivity index (χ4v) is 2.14. The number of nitriles is 1. The third kappa shape index (κ3) is 4.18. The van der Waals surface area contributed by atoms with E-state index < -0.39 is 7.75 Å². The summed E-state index contributed by atoms with van der Waals surface area (Å²) in [5.41, 5.74) is 0.634. The average molecular weight is 281 g/mol. The van der Waals surface area contributed by atoms with E-state index in [-0.39, 0.29) is 12.3 Å². The molecule has 1 aromatic rings. The quantitative estimate of drug-likeness (QED) is 0.455. The molecule has 0 saturated carbocycles. The van der Waals surface area contributed by atoms with Crippen molar-refractivity contribution in [3.8, 4) is 6.07 Å². The van der Waals surface area contributed by atoms with Gasteiger partial charge in [0.1, 0.15) is 6.07 Å². The van der Waals surface area contributed by atoms with Crippen molar-refractivity contribution in [3.63, 3.8) is 0 Å². The van der Waals surface area contributed by atoms with Crippen molar-refractivity contribution < 1.29 is 13.7 Å². The minimum atomic E-state index is -3.48. The van der Waals surface area contributed by atoms with Crippen LogP contribution in [0.4, 0.5) is 0 Å². The summed E-state index contributed by atoms with van der Waals surface area (Å²) < 4.78 is 23.6. The van der Waals surface area contributed by atoms with Gasteiger partial charge < -0.3 is 0 Å². The second kappa shape index (κ2) is 7.05. The van der Waals surface area contributed by atoms with Crippen molar-refractivity contribution in [3.05, 3.63) is 35.9 Å². The topological polar surface area (TPSA) is 74.9 Å². The Labute approximate surface area is 112 Å². The SMILES string of the molecule is CCOP(=O)(O/N=C(/C#N)c1ccccc1)N(C)C. The standard InChI is InChI=1S/C12H16N3O3P/c1-4-17-19(16,15(2)3)18-14-12(10-13)11-8-6-5-7-9-11/h5-9H,4H2,1-3H3/b14-12-. The van der Waals surface area contributed by atoms with Crippen LogP contribution >= 0.6 is 7.75 Å². The summed E-state index contributed by atoms with van der Waals surface area (Å²) in [6.45, 7) is 1.92. The molecule has 1 atom stereocenters. The van der Waals surface area contributed by atoms with Gasteiger partial charge in [-0.2, -0.15) is 5.26 Å². The predicted octanol–water partition coefficient (Wildman–Crippen LogP) is 2.64. The van der Waals surface area contributed by atoms with Crippen molar-refractivity contribution in [1.82, 2.24) is 4.67 Å². The maximum Gasteiger partial charge on any atom is 0.480 e. The molecule has 0 aliphatic carbocycles. The van der Waals surface area contributed by atoms with Gasteiger partial charge in [0.25, 0.3) is 0 Å². The summed E-state index contributed by atoms with van der Waals surface area (Å²) in [5.74, 6) is 0. The molecule has 0 fully saturated rings. The van der Waals surface area contributed by atoms with Crippen molar-refractivity contribution in [2.75, 3.05) is 20.7 Å². The molecule has 0 amide bonds. The van der Waals surface area contributed by atoms with E-state index in [4.69, 9.17) is 14.4 Å². The zero-order valence-electron chi connectivity index (χ0n) is 11.1. The fourth-order valence-electron chi connectivity index (χ4n) is 1.20. The summed E-state index contributed by atoms with van der Waals surface area (Å²) in [6.07, 6.45) is 0. The summed E-state index contributed by atoms with van der Waals surface area (Å²) >= 11 is 0. The Morgan fingerprint density at radius 2 is 2.05 bits per heavy atom. The van der Waals surface area contributed by atoms with Gasteiger partial charge in [-0.25, -0.2) is 9.24 Å². The van der Waals surface area contributed by atoms with E-state index in [9.17, 15) is 4.57 Å². The molecular weight excluding hydrogens is 265 g/mol. The molecule has 0 spiro atoms. The van der Waals surface area contributed by atoms with Crippen LogP contribution in [0.5, 0.6) is 0 Å². The van der Waals surface area contributed by atoms with Crippen LogP contribution in [0.3, 0.4) is 0 Å². The van der Waals surface area contributed by atoms with Crippen LogP contribution in [-0.4, -0.2) is 31.1 Å². The molecule has 0 aliphatic rings. The van der Waals surface area contributed by atoms with Gasteiger partial charge in [-0.1, -0.05) is 35.5 Å². The average Bonchev–Trinajstić information content (AvgIpc) is 2.41. The van der Waals surface area contributed by atoms with E-state index in [1.54, 1.807) is 45.3 Å². The highest BCUT2D eigenvalue weighted by molar-refractivity contribution is 7.51. The number of benzene rings is 1. The van der Waals surface area contributed by atoms with Gasteiger partial charge in [0.15, 0.2) is 5.71 Å². The van der Waals surface area contributed by atoms with Gasteiger partial charge in [0.05, 0.1) is 6.61 Å². The Morgan fingerprint density at radius 3 is 2.53 bits per heavy atom. The summed E-state index contributed by atoms with van der Waals surface area (Å²) in [4.78, 5) is 0. The van der Waals surface area contributed by atoms with Crippen LogP contribution in [0.2, 0.25) is 0 Å². The molecular formula is C12H16N3O3P. The van der Waals surface area contributed by atoms with E-state index in [1.807, 2.05) is 12.1 Å². The minimum absolute atomic E-state index is 0.0439. The molecule has 0 saturated heterocycles. The van der Waals surface area contributed by atoms with Crippen LogP contribution in [0, 0.1) is 11.3 Å². The van der Waals surface area contributed by atoms with Gasteiger partial charge >= 0.3 is 7.75 Å². The van der Waals surface area contributed by atoms with Crippen molar-refractivity contribution in [2.24, 2.45) is 5.16 Å². The van der Waals surface area contributed by atoms with Crippen LogP contribution in [0.1, 0.15) is 12.5 Å². The Morgan fingerprint density at radius 1 is 1.42 bits per heavy atom. The Balaban J connectivity index is 2.95. The van der Waals surface area contributed by atoms with Crippen molar-refractivity contribution >= 4 is 13.5 Å². The monoisotopic (exact) mass is 281 g/mol. The lowest BCUT2D eigenvalue weighted by Crippen LogP contribution is -2.12. The van der Waals surface area contributed by atoms with Gasteiger partial charge in [-0.3, -0.25) is 9.15 Å². The Bertz CT molecular complexity index is 523. The van der Waals surface area contributed by atoms with E-state index in [1.165, 1.54) is 4.67 Å². The summed E-state index contributed by atoms with van der Waals surface area (Å²) in [5, 5.41) is 12.7. The van der Waals surface area contributed by atoms with Gasteiger partial charge in [-0.15, -0.1) is 0 Å². The molecule has 0 heterocycles. The fraction of sp³-hybridized carbons (Fsp3) is 0.333. The first-order chi connectivity index (χ1) is 9.03. The zero-order chi connectivity index (χ0) is 14.3. The van der Waals surface area contributed by atoms with E-state index in [0.717, 1.165) is 0 Å². The normalized spacial score (nSPS) is 14.8. The number of nitrogens with zero attached hydrogens (tertiary/aromatic N) is 3. The maximum atomic E-state index is 12.2. The molecule has 0 bridgehead atoms. The lowest BCUT2D eigenvalue weighted by Gasteiger charge is -2.20. The summed E-state index contributed by atoms with van der Waals surface area (Å²) in [7, 11) is -0.372. The van der Waals surface area contributed by atoms with Crippen molar-refractivity contribution in [2.45, 2.75) is 6.92 Å². The molecule has 19 heavy (non-hydrogen) atoms. The lowest BCUT2D eigenvalue weighted by molar-refractivity contribution is 0.184. The molecule has 1 unspecified atom stereocenters. The van der Waals surface area contributed by atoms with Crippen LogP contribution in [0.15, 0.2) is 35.5 Å². The largest absolute Gasteiger partial charge is 0.480 e. The summed E-state index contributed by atoms with van der Waals surface area (Å²) in [6, 6.07) is 10.7. The zero-order valence-corrected chi connectivity index (χ0v) is 12.0. The lowest BCUT2D eigenvalue weighted by atomic mass is 10.1. The molecule has 1 aromatic carbocycles. The van der Waals surface area contributed by atoms with Gasteiger partial charge in [0.2, 0.25) is 0 Å². The first-order valence-corrected chi connectivity index (χ1v) is 7.17. The predicted molar refractivity (Wildman–Crippen MR) is 72.6 cm³/mol. The highest BCUT2D eigenvalue weighted by atomic mass is 31.2. The van der Waals surface area contributed by atoms with Crippen LogP contribution < -0.4 is 0 Å². The number of rotatable bonds is 6. The molecule has 0 N–H and O–H groups in total. The maximum absolute atomic E-state index is 12.2. The van der Waals surface area contributed by atoms with Crippen LogP contribution in [-0.2, 0) is 13.7 Å². The van der Waals surface area contributed by atoms with Gasteiger partial charge in [-0.05, 0) is 21.0 Å². The molecule has 0 aliphatic heterocycles. The molecule has 7 heteroatoms.